The summed E-state index contributed by atoms with van der Waals surface area (Å²) in [5, 5.41) is 3.04. The van der Waals surface area contributed by atoms with Gasteiger partial charge in [-0.05, 0) is 37.5 Å². The number of hydrogen-bond acceptors (Lipinski definition) is 2. The molecule has 0 bridgehead atoms. The van der Waals surface area contributed by atoms with Crippen LogP contribution in [0.1, 0.15) is 58.3 Å². The van der Waals surface area contributed by atoms with E-state index in [1.54, 1.807) is 0 Å². The number of rotatable bonds is 6. The van der Waals surface area contributed by atoms with Crippen LogP contribution in [0.3, 0.4) is 0 Å². The van der Waals surface area contributed by atoms with Crippen LogP contribution in [0.5, 0.6) is 0 Å². The second kappa shape index (κ2) is 6.21. The highest BCUT2D eigenvalue weighted by Crippen LogP contribution is 2.45. The highest BCUT2D eigenvalue weighted by molar-refractivity contribution is 7.80. The molecular formula is C15H26N2OS. The molecule has 3 N–H and O–H groups in total. The van der Waals surface area contributed by atoms with E-state index in [0.717, 1.165) is 31.7 Å². The van der Waals surface area contributed by atoms with Crippen LogP contribution in [-0.4, -0.2) is 17.4 Å². The lowest BCUT2D eigenvalue weighted by Crippen LogP contribution is -2.56. The van der Waals surface area contributed by atoms with Crippen LogP contribution in [0.15, 0.2) is 0 Å². The number of nitrogens with two attached hydrogens (primary N) is 1. The molecule has 0 aliphatic heterocycles. The Labute approximate surface area is 121 Å². The van der Waals surface area contributed by atoms with Crippen molar-refractivity contribution in [3.05, 3.63) is 0 Å². The predicted octanol–water partition coefficient (Wildman–Crippen LogP) is 2.78. The smallest absolute Gasteiger partial charge is 0.233 e. The molecule has 0 aromatic heterocycles. The number of carbonyl (C=O) groups excluding carboxylic acids is 1. The number of carbonyl (C=O) groups is 1. The summed E-state index contributed by atoms with van der Waals surface area (Å²) < 4.78 is 0. The van der Waals surface area contributed by atoms with Crippen molar-refractivity contribution >= 4 is 23.1 Å². The lowest BCUT2D eigenvalue weighted by molar-refractivity contribution is -0.132. The fraction of sp³-hybridized carbons (Fsp3) is 0.867. The fourth-order valence-electron chi connectivity index (χ4n) is 3.69. The summed E-state index contributed by atoms with van der Waals surface area (Å²) in [7, 11) is 0. The van der Waals surface area contributed by atoms with Gasteiger partial charge in [0.15, 0.2) is 0 Å². The Morgan fingerprint density at radius 2 is 2.00 bits per heavy atom. The zero-order valence-electron chi connectivity index (χ0n) is 11.9. The van der Waals surface area contributed by atoms with Gasteiger partial charge >= 0.3 is 0 Å². The van der Waals surface area contributed by atoms with E-state index < -0.39 is 5.41 Å². The zero-order chi connectivity index (χ0) is 13.9. The van der Waals surface area contributed by atoms with Crippen molar-refractivity contribution < 1.29 is 4.79 Å². The van der Waals surface area contributed by atoms with Crippen LogP contribution in [-0.2, 0) is 4.79 Å². The number of thiocarbonyl (C=S) groups is 1. The highest BCUT2D eigenvalue weighted by Gasteiger charge is 2.50. The standard InChI is InChI=1S/C15H26N2OS/c1-11-9-15(10-11,13(16)19)14(18)17-8-4-7-12-5-2-3-6-12/h11-12H,2-10H2,1H3,(H2,16,19)(H,17,18). The van der Waals surface area contributed by atoms with E-state index in [2.05, 4.69) is 12.2 Å². The minimum absolute atomic E-state index is 0.0597. The molecule has 1 amide bonds. The average Bonchev–Trinajstić information content (AvgIpc) is 2.82. The van der Waals surface area contributed by atoms with E-state index in [1.807, 2.05) is 0 Å². The van der Waals surface area contributed by atoms with Crippen LogP contribution >= 0.6 is 12.2 Å². The normalized spacial score (nSPS) is 30.9. The molecule has 2 aliphatic rings. The summed E-state index contributed by atoms with van der Waals surface area (Å²) in [6, 6.07) is 0. The number of hydrogen-bond donors (Lipinski definition) is 2. The summed E-state index contributed by atoms with van der Waals surface area (Å²) in [6.45, 7) is 2.91. The molecule has 0 aromatic rings. The second-order valence-corrected chi connectivity index (χ2v) is 6.95. The Morgan fingerprint density at radius 3 is 2.53 bits per heavy atom. The van der Waals surface area contributed by atoms with Crippen molar-refractivity contribution in [1.82, 2.24) is 5.32 Å². The molecule has 2 fully saturated rings. The largest absolute Gasteiger partial charge is 0.392 e. The summed E-state index contributed by atoms with van der Waals surface area (Å²) >= 11 is 5.09. The molecule has 0 radical (unpaired) electrons. The Bertz CT molecular complexity index is 344. The number of nitrogens with one attached hydrogen (secondary N) is 1. The lowest BCUT2D eigenvalue weighted by Gasteiger charge is -2.44. The number of amides is 1. The van der Waals surface area contributed by atoms with Gasteiger partial charge in [-0.2, -0.15) is 0 Å². The second-order valence-electron chi connectivity index (χ2n) is 6.51. The van der Waals surface area contributed by atoms with Crippen molar-refractivity contribution in [1.29, 1.82) is 0 Å². The van der Waals surface area contributed by atoms with E-state index in [0.29, 0.717) is 10.9 Å². The van der Waals surface area contributed by atoms with Crippen LogP contribution in [0.25, 0.3) is 0 Å². The topological polar surface area (TPSA) is 55.1 Å². The van der Waals surface area contributed by atoms with E-state index in [9.17, 15) is 4.79 Å². The molecule has 19 heavy (non-hydrogen) atoms. The van der Waals surface area contributed by atoms with Crippen LogP contribution in [0.2, 0.25) is 0 Å². The quantitative estimate of drug-likeness (QED) is 0.582. The van der Waals surface area contributed by atoms with Gasteiger partial charge in [-0.1, -0.05) is 44.8 Å². The molecule has 108 valence electrons. The van der Waals surface area contributed by atoms with E-state index in [4.69, 9.17) is 18.0 Å². The van der Waals surface area contributed by atoms with Gasteiger partial charge < -0.3 is 11.1 Å². The minimum atomic E-state index is -0.540. The average molecular weight is 282 g/mol. The molecule has 0 atom stereocenters. The monoisotopic (exact) mass is 282 g/mol. The van der Waals surface area contributed by atoms with E-state index in [-0.39, 0.29) is 5.91 Å². The SMILES string of the molecule is CC1CC(C(=O)NCCCC2CCCC2)(C(N)=S)C1. The molecule has 4 heteroatoms. The molecule has 2 aliphatic carbocycles. The summed E-state index contributed by atoms with van der Waals surface area (Å²) in [6.07, 6.45) is 9.49. The fourth-order valence-corrected chi connectivity index (χ4v) is 3.95. The van der Waals surface area contributed by atoms with Gasteiger partial charge in [-0.15, -0.1) is 0 Å². The van der Waals surface area contributed by atoms with E-state index >= 15 is 0 Å². The maximum Gasteiger partial charge on any atom is 0.233 e. The molecular weight excluding hydrogens is 256 g/mol. The molecule has 0 aromatic carbocycles. The molecule has 0 heterocycles. The highest BCUT2D eigenvalue weighted by atomic mass is 32.1. The maximum atomic E-state index is 12.3. The minimum Gasteiger partial charge on any atom is -0.392 e. The molecule has 2 rings (SSSR count). The first-order chi connectivity index (χ1) is 9.04. The zero-order valence-corrected chi connectivity index (χ0v) is 12.7. The van der Waals surface area contributed by atoms with Crippen molar-refractivity contribution in [2.45, 2.75) is 58.3 Å². The lowest BCUT2D eigenvalue weighted by atomic mass is 9.62. The Kier molecular flexibility index (Phi) is 4.82. The van der Waals surface area contributed by atoms with Gasteiger partial charge in [-0.3, -0.25) is 4.79 Å². The Morgan fingerprint density at radius 1 is 1.37 bits per heavy atom. The van der Waals surface area contributed by atoms with Gasteiger partial charge in [0.25, 0.3) is 0 Å². The van der Waals surface area contributed by atoms with Crippen molar-refractivity contribution in [2.24, 2.45) is 23.0 Å². The van der Waals surface area contributed by atoms with Crippen LogP contribution in [0.4, 0.5) is 0 Å². The van der Waals surface area contributed by atoms with Crippen molar-refractivity contribution in [3.8, 4) is 0 Å². The third-order valence-electron chi connectivity index (χ3n) is 4.85. The van der Waals surface area contributed by atoms with Crippen molar-refractivity contribution in [2.75, 3.05) is 6.54 Å². The summed E-state index contributed by atoms with van der Waals surface area (Å²) in [5.74, 6) is 1.51. The van der Waals surface area contributed by atoms with Crippen molar-refractivity contribution in [3.63, 3.8) is 0 Å². The molecule has 0 unspecified atom stereocenters. The third kappa shape index (κ3) is 3.28. The first-order valence-corrected chi connectivity index (χ1v) is 8.03. The Balaban J connectivity index is 1.69. The third-order valence-corrected chi connectivity index (χ3v) is 5.24. The first kappa shape index (κ1) is 14.8. The first-order valence-electron chi connectivity index (χ1n) is 7.63. The summed E-state index contributed by atoms with van der Waals surface area (Å²) in [4.78, 5) is 12.6. The van der Waals surface area contributed by atoms with Gasteiger partial charge in [0.1, 0.15) is 0 Å². The van der Waals surface area contributed by atoms with Gasteiger partial charge in [0.05, 0.1) is 10.4 Å². The van der Waals surface area contributed by atoms with Crippen LogP contribution < -0.4 is 11.1 Å². The molecule has 0 spiro atoms. The summed E-state index contributed by atoms with van der Waals surface area (Å²) in [5.41, 5.74) is 5.23. The molecule has 2 saturated carbocycles. The van der Waals surface area contributed by atoms with Gasteiger partial charge in [0, 0.05) is 6.54 Å². The predicted molar refractivity (Wildman–Crippen MR) is 81.8 cm³/mol. The van der Waals surface area contributed by atoms with Gasteiger partial charge in [-0.25, -0.2) is 0 Å². The molecule has 3 nitrogen and oxygen atoms in total. The molecule has 0 saturated heterocycles. The van der Waals surface area contributed by atoms with Crippen LogP contribution in [0, 0.1) is 17.3 Å². The van der Waals surface area contributed by atoms with E-state index in [1.165, 1.54) is 32.1 Å². The maximum absolute atomic E-state index is 12.3. The van der Waals surface area contributed by atoms with Gasteiger partial charge in [0.2, 0.25) is 5.91 Å². The Hall–Kier alpha value is -0.640.